The zero-order valence-corrected chi connectivity index (χ0v) is 21.3. The van der Waals surface area contributed by atoms with E-state index in [1.807, 2.05) is 61.0 Å². The molecule has 0 N–H and O–H groups in total. The van der Waals surface area contributed by atoms with Crippen molar-refractivity contribution in [2.75, 3.05) is 6.26 Å². The first-order chi connectivity index (χ1) is 16.3. The molecule has 1 atom stereocenters. The van der Waals surface area contributed by atoms with Gasteiger partial charge in [0.25, 0.3) is 0 Å². The number of sulfone groups is 1. The van der Waals surface area contributed by atoms with E-state index in [2.05, 4.69) is 11.1 Å². The molecule has 3 aromatic carbocycles. The Morgan fingerprint density at radius 1 is 1.06 bits per heavy atom. The normalized spacial score (nSPS) is 11.9. The van der Waals surface area contributed by atoms with E-state index in [4.69, 9.17) is 4.74 Å². The second-order valence-corrected chi connectivity index (χ2v) is 10.3. The monoisotopic (exact) mass is 507 g/mol. The molecule has 0 fully saturated rings. The molecule has 0 aliphatic carbocycles. The van der Waals surface area contributed by atoms with E-state index in [0.717, 1.165) is 33.5 Å². The summed E-state index contributed by atoms with van der Waals surface area (Å²) < 4.78 is 31.8. The van der Waals surface area contributed by atoms with Crippen LogP contribution in [0.15, 0.2) is 84.1 Å². The van der Waals surface area contributed by atoms with Gasteiger partial charge in [0, 0.05) is 18.9 Å². The lowest BCUT2D eigenvalue weighted by atomic mass is 9.93. The van der Waals surface area contributed by atoms with Gasteiger partial charge in [-0.15, -0.1) is 12.4 Å². The minimum absolute atomic E-state index is 0. The summed E-state index contributed by atoms with van der Waals surface area (Å²) in [4.78, 5) is 4.53. The maximum Gasteiger partial charge on any atom is 0.175 e. The predicted molar refractivity (Wildman–Crippen MR) is 138 cm³/mol. The van der Waals surface area contributed by atoms with Gasteiger partial charge in [0.15, 0.2) is 9.84 Å². The van der Waals surface area contributed by atoms with Crippen molar-refractivity contribution in [2.45, 2.75) is 24.5 Å². The molecular weight excluding hydrogens is 482 g/mol. The van der Waals surface area contributed by atoms with E-state index >= 15 is 0 Å². The number of imidazole rings is 1. The first-order valence-electron chi connectivity index (χ1n) is 10.7. The average Bonchev–Trinajstić information content (AvgIpc) is 3.25. The van der Waals surface area contributed by atoms with Crippen LogP contribution >= 0.6 is 12.4 Å². The third-order valence-corrected chi connectivity index (χ3v) is 6.92. The molecule has 0 amide bonds. The molecule has 180 valence electrons. The van der Waals surface area contributed by atoms with Gasteiger partial charge in [-0.05, 0) is 53.4 Å². The van der Waals surface area contributed by atoms with Crippen molar-refractivity contribution >= 4 is 22.2 Å². The minimum Gasteiger partial charge on any atom is -0.363 e. The average molecular weight is 508 g/mol. The highest BCUT2D eigenvalue weighted by Gasteiger charge is 2.21. The van der Waals surface area contributed by atoms with Crippen molar-refractivity contribution < 1.29 is 13.2 Å². The van der Waals surface area contributed by atoms with E-state index in [1.165, 1.54) is 6.26 Å². The predicted octanol–water partition coefficient (Wildman–Crippen LogP) is 5.40. The standard InChI is InChI=1S/C27H25N3O3S.ClH/c1-19-6-4-5-7-24(19)25-14-21(10-11-22(25)15-28)27(26-16-29-18-30(26)2)33-17-20-8-12-23(13-9-20)34(3,31)32;/h4-14,16,18,27H,17H2,1-3H3;1H. The molecule has 0 aliphatic heterocycles. The van der Waals surface area contributed by atoms with E-state index in [1.54, 1.807) is 36.8 Å². The number of hydrogen-bond donors (Lipinski definition) is 0. The smallest absolute Gasteiger partial charge is 0.175 e. The molecule has 4 aromatic rings. The maximum absolute atomic E-state index is 11.7. The van der Waals surface area contributed by atoms with Crippen molar-refractivity contribution in [2.24, 2.45) is 7.05 Å². The summed E-state index contributed by atoms with van der Waals surface area (Å²) in [6, 6.07) is 22.7. The van der Waals surface area contributed by atoms with Crippen molar-refractivity contribution in [3.63, 3.8) is 0 Å². The number of nitriles is 1. The van der Waals surface area contributed by atoms with Gasteiger partial charge < -0.3 is 9.30 Å². The first kappa shape index (κ1) is 26.2. The summed E-state index contributed by atoms with van der Waals surface area (Å²) in [6.07, 6.45) is 4.24. The van der Waals surface area contributed by atoms with Crippen LogP contribution < -0.4 is 0 Å². The fourth-order valence-electron chi connectivity index (χ4n) is 3.91. The number of halogens is 1. The van der Waals surface area contributed by atoms with E-state index in [0.29, 0.717) is 5.56 Å². The van der Waals surface area contributed by atoms with Gasteiger partial charge in [0.05, 0.1) is 41.4 Å². The van der Waals surface area contributed by atoms with Crippen LogP contribution in [0.2, 0.25) is 0 Å². The van der Waals surface area contributed by atoms with Gasteiger partial charge in [0.1, 0.15) is 6.10 Å². The number of benzene rings is 3. The molecule has 0 spiro atoms. The molecule has 1 aromatic heterocycles. The fourth-order valence-corrected chi connectivity index (χ4v) is 4.54. The molecule has 0 aliphatic rings. The van der Waals surface area contributed by atoms with Crippen LogP contribution in [-0.2, 0) is 28.2 Å². The van der Waals surface area contributed by atoms with E-state index in [-0.39, 0.29) is 23.9 Å². The minimum atomic E-state index is -3.26. The Hall–Kier alpha value is -3.44. The third-order valence-electron chi connectivity index (χ3n) is 5.79. The van der Waals surface area contributed by atoms with Gasteiger partial charge in [-0.25, -0.2) is 13.4 Å². The molecule has 0 saturated heterocycles. The summed E-state index contributed by atoms with van der Waals surface area (Å²) >= 11 is 0. The number of hydrogen-bond acceptors (Lipinski definition) is 5. The molecule has 1 unspecified atom stereocenters. The van der Waals surface area contributed by atoms with Gasteiger partial charge in [-0.2, -0.15) is 5.26 Å². The topological polar surface area (TPSA) is 85.0 Å². The highest BCUT2D eigenvalue weighted by atomic mass is 35.5. The lowest BCUT2D eigenvalue weighted by Crippen LogP contribution is -2.11. The van der Waals surface area contributed by atoms with Gasteiger partial charge in [-0.3, -0.25) is 0 Å². The van der Waals surface area contributed by atoms with Crippen LogP contribution in [0.3, 0.4) is 0 Å². The van der Waals surface area contributed by atoms with Crippen LogP contribution in [0.1, 0.15) is 34.1 Å². The number of ether oxygens (including phenoxy) is 1. The largest absolute Gasteiger partial charge is 0.363 e. The molecule has 4 rings (SSSR count). The van der Waals surface area contributed by atoms with Crippen molar-refractivity contribution in [3.8, 4) is 17.2 Å². The lowest BCUT2D eigenvalue weighted by molar-refractivity contribution is 0.0622. The Labute approximate surface area is 212 Å². The SMILES string of the molecule is Cc1ccccc1-c1cc(C(OCc2ccc(S(C)(=O)=O)cc2)c2cncn2C)ccc1C#N.Cl. The van der Waals surface area contributed by atoms with Gasteiger partial charge in [-0.1, -0.05) is 42.5 Å². The zero-order valence-electron chi connectivity index (χ0n) is 19.7. The van der Waals surface area contributed by atoms with Crippen LogP contribution in [0.25, 0.3) is 11.1 Å². The van der Waals surface area contributed by atoms with Crippen molar-refractivity contribution in [1.82, 2.24) is 9.55 Å². The Bertz CT molecular complexity index is 1470. The van der Waals surface area contributed by atoms with E-state index in [9.17, 15) is 13.7 Å². The molecule has 0 saturated carbocycles. The van der Waals surface area contributed by atoms with Crippen molar-refractivity contribution in [3.05, 3.63) is 107 Å². The third kappa shape index (κ3) is 5.80. The number of aromatic nitrogens is 2. The molecular formula is C27H26ClN3O3S. The van der Waals surface area contributed by atoms with Crippen LogP contribution in [0.5, 0.6) is 0 Å². The molecule has 0 radical (unpaired) electrons. The first-order valence-corrected chi connectivity index (χ1v) is 12.6. The van der Waals surface area contributed by atoms with Crippen molar-refractivity contribution in [1.29, 1.82) is 5.26 Å². The quantitative estimate of drug-likeness (QED) is 0.334. The summed E-state index contributed by atoms with van der Waals surface area (Å²) in [7, 11) is -1.35. The van der Waals surface area contributed by atoms with Crippen LogP contribution in [-0.4, -0.2) is 24.2 Å². The summed E-state index contributed by atoms with van der Waals surface area (Å²) in [5, 5.41) is 9.72. The second kappa shape index (κ2) is 10.9. The zero-order chi connectivity index (χ0) is 24.3. The van der Waals surface area contributed by atoms with Gasteiger partial charge in [0.2, 0.25) is 0 Å². The highest BCUT2D eigenvalue weighted by molar-refractivity contribution is 7.90. The second-order valence-electron chi connectivity index (χ2n) is 8.27. The molecule has 1 heterocycles. The Kier molecular flexibility index (Phi) is 8.13. The Morgan fingerprint density at radius 2 is 1.77 bits per heavy atom. The van der Waals surface area contributed by atoms with Crippen LogP contribution in [0.4, 0.5) is 0 Å². The number of aryl methyl sites for hydroxylation is 2. The summed E-state index contributed by atoms with van der Waals surface area (Å²) in [6.45, 7) is 2.30. The molecule has 35 heavy (non-hydrogen) atoms. The molecule has 0 bridgehead atoms. The Balaban J connectivity index is 0.00000342. The fraction of sp³-hybridized carbons (Fsp3) is 0.185. The molecule has 6 nitrogen and oxygen atoms in total. The lowest BCUT2D eigenvalue weighted by Gasteiger charge is -2.21. The maximum atomic E-state index is 11.7. The molecule has 8 heteroatoms. The number of nitrogens with zero attached hydrogens (tertiary/aromatic N) is 3. The summed E-state index contributed by atoms with van der Waals surface area (Å²) in [5.41, 5.74) is 6.15. The highest BCUT2D eigenvalue weighted by Crippen LogP contribution is 2.33. The number of rotatable bonds is 7. The van der Waals surface area contributed by atoms with Gasteiger partial charge >= 0.3 is 0 Å². The van der Waals surface area contributed by atoms with E-state index < -0.39 is 15.9 Å². The summed E-state index contributed by atoms with van der Waals surface area (Å²) in [5.74, 6) is 0. The Morgan fingerprint density at radius 3 is 2.37 bits per heavy atom. The van der Waals surface area contributed by atoms with Crippen LogP contribution in [0, 0.1) is 18.3 Å².